The molecule has 0 spiro atoms. The second-order valence-corrected chi connectivity index (χ2v) is 7.33. The highest BCUT2D eigenvalue weighted by molar-refractivity contribution is 7.99. The van der Waals surface area contributed by atoms with Crippen molar-refractivity contribution in [3.63, 3.8) is 0 Å². The van der Waals surface area contributed by atoms with Gasteiger partial charge in [-0.25, -0.2) is 4.79 Å². The summed E-state index contributed by atoms with van der Waals surface area (Å²) in [6.07, 6.45) is 1.11. The monoisotopic (exact) mass is 339 g/mol. The molecule has 1 atom stereocenters. The third kappa shape index (κ3) is 3.81. The van der Waals surface area contributed by atoms with E-state index in [0.717, 1.165) is 49.9 Å². The molecule has 8 heteroatoms. The number of carbonyl (C=O) groups is 1. The van der Waals surface area contributed by atoms with Gasteiger partial charge in [0, 0.05) is 44.0 Å². The fraction of sp³-hybridized carbons (Fsp3) is 0.733. The van der Waals surface area contributed by atoms with Crippen molar-refractivity contribution >= 4 is 23.6 Å². The van der Waals surface area contributed by atoms with Crippen LogP contribution in [0.25, 0.3) is 0 Å². The third-order valence-electron chi connectivity index (χ3n) is 4.59. The Kier molecular flexibility index (Phi) is 5.13. The van der Waals surface area contributed by atoms with Crippen LogP contribution in [-0.2, 0) is 11.8 Å². The highest BCUT2D eigenvalue weighted by atomic mass is 32.2. The number of hydrogen-bond acceptors (Lipinski definition) is 5. The summed E-state index contributed by atoms with van der Waals surface area (Å²) in [7, 11) is 1.82. The molecule has 0 radical (unpaired) electrons. The SMILES string of the molecule is Cc1cc(NC(=O)NCC2(N3CCOCC3)CCSC2)n(C)n1. The molecule has 2 amide bonds. The zero-order valence-corrected chi connectivity index (χ0v) is 14.6. The summed E-state index contributed by atoms with van der Waals surface area (Å²) in [5, 5.41) is 10.2. The topological polar surface area (TPSA) is 71.4 Å². The second-order valence-electron chi connectivity index (χ2n) is 6.23. The van der Waals surface area contributed by atoms with Gasteiger partial charge in [-0.3, -0.25) is 14.9 Å². The van der Waals surface area contributed by atoms with Crippen LogP contribution in [0.3, 0.4) is 0 Å². The molecule has 1 unspecified atom stereocenters. The Morgan fingerprint density at radius 1 is 1.48 bits per heavy atom. The number of anilines is 1. The molecule has 0 aliphatic carbocycles. The van der Waals surface area contributed by atoms with E-state index >= 15 is 0 Å². The number of aryl methyl sites for hydroxylation is 2. The van der Waals surface area contributed by atoms with Crippen LogP contribution in [0.1, 0.15) is 12.1 Å². The minimum atomic E-state index is -0.169. The average Bonchev–Trinajstić information content (AvgIpc) is 3.14. The van der Waals surface area contributed by atoms with Gasteiger partial charge in [0.05, 0.1) is 18.9 Å². The number of ether oxygens (including phenoxy) is 1. The first-order chi connectivity index (χ1) is 11.1. The van der Waals surface area contributed by atoms with Gasteiger partial charge in [-0.2, -0.15) is 16.9 Å². The molecule has 2 aliphatic rings. The second kappa shape index (κ2) is 7.11. The Morgan fingerprint density at radius 3 is 2.87 bits per heavy atom. The van der Waals surface area contributed by atoms with E-state index in [-0.39, 0.29) is 11.6 Å². The van der Waals surface area contributed by atoms with Crippen LogP contribution in [0.2, 0.25) is 0 Å². The van der Waals surface area contributed by atoms with Gasteiger partial charge in [0.25, 0.3) is 0 Å². The number of amides is 2. The maximum absolute atomic E-state index is 12.2. The Labute approximate surface area is 141 Å². The molecule has 1 aromatic heterocycles. The molecule has 2 N–H and O–H groups in total. The number of urea groups is 1. The van der Waals surface area contributed by atoms with Crippen LogP contribution < -0.4 is 10.6 Å². The fourth-order valence-corrected chi connectivity index (χ4v) is 4.75. The van der Waals surface area contributed by atoms with E-state index in [1.54, 1.807) is 4.68 Å². The van der Waals surface area contributed by atoms with Crippen LogP contribution in [0.15, 0.2) is 6.07 Å². The van der Waals surface area contributed by atoms with E-state index in [1.807, 2.05) is 31.8 Å². The lowest BCUT2D eigenvalue weighted by Crippen LogP contribution is -2.59. The molecule has 128 valence electrons. The minimum absolute atomic E-state index is 0.0637. The molecule has 3 heterocycles. The number of carbonyl (C=O) groups excluding carboxylic acids is 1. The van der Waals surface area contributed by atoms with Crippen molar-refractivity contribution in [1.29, 1.82) is 0 Å². The van der Waals surface area contributed by atoms with E-state index in [2.05, 4.69) is 20.6 Å². The van der Waals surface area contributed by atoms with Gasteiger partial charge in [0.2, 0.25) is 0 Å². The largest absolute Gasteiger partial charge is 0.379 e. The molecule has 0 aromatic carbocycles. The van der Waals surface area contributed by atoms with Crippen LogP contribution in [0.4, 0.5) is 10.6 Å². The third-order valence-corrected chi connectivity index (χ3v) is 5.82. The van der Waals surface area contributed by atoms with Crippen LogP contribution in [0.5, 0.6) is 0 Å². The first-order valence-electron chi connectivity index (χ1n) is 8.05. The molecule has 3 rings (SSSR count). The lowest BCUT2D eigenvalue weighted by Gasteiger charge is -2.43. The molecule has 7 nitrogen and oxygen atoms in total. The van der Waals surface area contributed by atoms with E-state index in [1.165, 1.54) is 0 Å². The quantitative estimate of drug-likeness (QED) is 0.858. The number of hydrogen-bond donors (Lipinski definition) is 2. The maximum Gasteiger partial charge on any atom is 0.320 e. The summed E-state index contributed by atoms with van der Waals surface area (Å²) < 4.78 is 7.15. The van der Waals surface area contributed by atoms with Gasteiger partial charge >= 0.3 is 6.03 Å². The summed E-state index contributed by atoms with van der Waals surface area (Å²) in [5.74, 6) is 2.93. The van der Waals surface area contributed by atoms with Crippen LogP contribution >= 0.6 is 11.8 Å². The van der Waals surface area contributed by atoms with Crippen molar-refractivity contribution in [2.75, 3.05) is 49.7 Å². The predicted octanol–water partition coefficient (Wildman–Crippen LogP) is 1.06. The first kappa shape index (κ1) is 16.6. The highest BCUT2D eigenvalue weighted by Crippen LogP contribution is 2.33. The molecule has 0 saturated carbocycles. The summed E-state index contributed by atoms with van der Waals surface area (Å²) in [5.41, 5.74) is 0.952. The number of thioether (sulfide) groups is 1. The van der Waals surface area contributed by atoms with Crippen molar-refractivity contribution < 1.29 is 9.53 Å². The summed E-state index contributed by atoms with van der Waals surface area (Å²) in [4.78, 5) is 14.7. The zero-order valence-electron chi connectivity index (χ0n) is 13.8. The normalized spacial score (nSPS) is 25.5. The molecule has 2 aliphatic heterocycles. The first-order valence-corrected chi connectivity index (χ1v) is 9.21. The van der Waals surface area contributed by atoms with Gasteiger partial charge < -0.3 is 10.1 Å². The average molecular weight is 339 g/mol. The van der Waals surface area contributed by atoms with Gasteiger partial charge in [-0.1, -0.05) is 0 Å². The van der Waals surface area contributed by atoms with Crippen LogP contribution in [-0.4, -0.2) is 70.6 Å². The predicted molar refractivity (Wildman–Crippen MR) is 92.0 cm³/mol. The number of nitrogens with one attached hydrogen (secondary N) is 2. The van der Waals surface area contributed by atoms with Crippen molar-refractivity contribution in [3.05, 3.63) is 11.8 Å². The van der Waals surface area contributed by atoms with Gasteiger partial charge in [-0.05, 0) is 19.1 Å². The van der Waals surface area contributed by atoms with E-state index in [4.69, 9.17) is 4.74 Å². The molecule has 0 bridgehead atoms. The smallest absolute Gasteiger partial charge is 0.320 e. The lowest BCUT2D eigenvalue weighted by atomic mass is 9.95. The van der Waals surface area contributed by atoms with Crippen molar-refractivity contribution in [2.24, 2.45) is 7.05 Å². The summed E-state index contributed by atoms with van der Waals surface area (Å²) in [6, 6.07) is 1.69. The Hall–Kier alpha value is -1.25. The summed E-state index contributed by atoms with van der Waals surface area (Å²) >= 11 is 1.97. The maximum atomic E-state index is 12.2. The number of rotatable bonds is 4. The number of morpholine rings is 1. The van der Waals surface area contributed by atoms with E-state index < -0.39 is 0 Å². The van der Waals surface area contributed by atoms with Gasteiger partial charge in [-0.15, -0.1) is 0 Å². The Bertz CT molecular complexity index is 550. The molecule has 2 saturated heterocycles. The standard InChI is InChI=1S/C15H25N5O2S/c1-12-9-13(19(2)18-12)17-14(21)16-10-15(3-8-23-11-15)20-4-6-22-7-5-20/h9H,3-8,10-11H2,1-2H3,(H2,16,17,21). The molecular weight excluding hydrogens is 314 g/mol. The van der Waals surface area contributed by atoms with E-state index in [9.17, 15) is 4.79 Å². The number of aromatic nitrogens is 2. The molecule has 23 heavy (non-hydrogen) atoms. The van der Waals surface area contributed by atoms with Gasteiger partial charge in [0.15, 0.2) is 0 Å². The zero-order chi connectivity index (χ0) is 16.3. The Morgan fingerprint density at radius 2 is 2.26 bits per heavy atom. The lowest BCUT2D eigenvalue weighted by molar-refractivity contribution is -0.0123. The Balaban J connectivity index is 1.58. The molecular formula is C15H25N5O2S. The van der Waals surface area contributed by atoms with E-state index in [0.29, 0.717) is 12.4 Å². The van der Waals surface area contributed by atoms with Crippen molar-refractivity contribution in [1.82, 2.24) is 20.0 Å². The summed E-state index contributed by atoms with van der Waals surface area (Å²) in [6.45, 7) is 6.05. The number of nitrogens with zero attached hydrogens (tertiary/aromatic N) is 3. The highest BCUT2D eigenvalue weighted by Gasteiger charge is 2.40. The van der Waals surface area contributed by atoms with Crippen molar-refractivity contribution in [2.45, 2.75) is 18.9 Å². The van der Waals surface area contributed by atoms with Gasteiger partial charge in [0.1, 0.15) is 5.82 Å². The molecule has 2 fully saturated rings. The molecule has 1 aromatic rings. The van der Waals surface area contributed by atoms with Crippen molar-refractivity contribution in [3.8, 4) is 0 Å². The fourth-order valence-electron chi connectivity index (χ4n) is 3.27. The minimum Gasteiger partial charge on any atom is -0.379 e. The van der Waals surface area contributed by atoms with Crippen LogP contribution in [0, 0.1) is 6.92 Å².